The minimum Gasteiger partial charge on any atom is -0.396 e. The van der Waals surface area contributed by atoms with Gasteiger partial charge >= 0.3 is 0 Å². The molecule has 1 fully saturated rings. The van der Waals surface area contributed by atoms with Crippen LogP contribution in [0.25, 0.3) is 0 Å². The zero-order valence-electron chi connectivity index (χ0n) is 10.6. The highest BCUT2D eigenvalue weighted by Crippen LogP contribution is 2.22. The first-order valence-electron chi connectivity index (χ1n) is 6.29. The fraction of sp³-hybridized carbons (Fsp3) is 0.667. The first-order valence-corrected chi connectivity index (χ1v) is 6.29. The summed E-state index contributed by atoms with van der Waals surface area (Å²) in [5, 5.41) is 13.9. The molecule has 6 nitrogen and oxygen atoms in total. The van der Waals surface area contributed by atoms with Crippen molar-refractivity contribution < 1.29 is 9.90 Å². The summed E-state index contributed by atoms with van der Waals surface area (Å²) in [6, 6.07) is -0.0702. The zero-order chi connectivity index (χ0) is 13.1. The lowest BCUT2D eigenvalue weighted by Crippen LogP contribution is -2.47. The molecule has 0 aliphatic heterocycles. The minimum absolute atomic E-state index is 0.0518. The number of anilines is 1. The second-order valence-electron chi connectivity index (χ2n) is 4.90. The quantitative estimate of drug-likeness (QED) is 0.806. The molecule has 1 amide bonds. The highest BCUT2D eigenvalue weighted by molar-refractivity contribution is 5.76. The molecule has 2 unspecified atom stereocenters. The van der Waals surface area contributed by atoms with E-state index in [1.165, 1.54) is 10.9 Å². The van der Waals surface area contributed by atoms with Crippen molar-refractivity contribution in [2.24, 2.45) is 0 Å². The fourth-order valence-corrected chi connectivity index (χ4v) is 2.44. The molecule has 0 spiro atoms. The zero-order valence-corrected chi connectivity index (χ0v) is 10.6. The third-order valence-corrected chi connectivity index (χ3v) is 3.54. The Labute approximate surface area is 106 Å². The predicted molar refractivity (Wildman–Crippen MR) is 67.7 cm³/mol. The minimum atomic E-state index is -0.407. The molecule has 0 radical (unpaired) electrons. The Morgan fingerprint density at radius 3 is 2.94 bits per heavy atom. The Hall–Kier alpha value is -1.56. The van der Waals surface area contributed by atoms with Gasteiger partial charge in [-0.25, -0.2) is 0 Å². The van der Waals surface area contributed by atoms with Gasteiger partial charge in [0.2, 0.25) is 5.91 Å². The summed E-state index contributed by atoms with van der Waals surface area (Å²) in [6.45, 7) is 0.164. The molecule has 1 aliphatic rings. The molecule has 1 aromatic heterocycles. The molecule has 0 aromatic carbocycles. The van der Waals surface area contributed by atoms with Gasteiger partial charge in [-0.3, -0.25) is 9.48 Å². The normalized spacial score (nSPS) is 23.9. The number of nitrogen functional groups attached to an aromatic ring is 1. The van der Waals surface area contributed by atoms with Crippen molar-refractivity contribution >= 4 is 11.6 Å². The molecule has 6 heteroatoms. The highest BCUT2D eigenvalue weighted by Gasteiger charge is 2.29. The number of hydrogen-bond donors (Lipinski definition) is 2. The summed E-state index contributed by atoms with van der Waals surface area (Å²) in [6.07, 6.45) is 6.48. The van der Waals surface area contributed by atoms with Crippen LogP contribution in [0, 0.1) is 0 Å². The van der Waals surface area contributed by atoms with Crippen molar-refractivity contribution in [3.63, 3.8) is 0 Å². The molecule has 0 saturated heterocycles. The van der Waals surface area contributed by atoms with E-state index in [0.29, 0.717) is 5.69 Å². The van der Waals surface area contributed by atoms with E-state index in [1.54, 1.807) is 18.1 Å². The van der Waals surface area contributed by atoms with E-state index in [4.69, 9.17) is 5.73 Å². The number of carbonyl (C=O) groups is 1. The largest absolute Gasteiger partial charge is 0.396 e. The van der Waals surface area contributed by atoms with Gasteiger partial charge < -0.3 is 15.7 Å². The molecule has 3 N–H and O–H groups in total. The smallest absolute Gasteiger partial charge is 0.244 e. The highest BCUT2D eigenvalue weighted by atomic mass is 16.3. The van der Waals surface area contributed by atoms with Crippen LogP contribution in [0.1, 0.15) is 25.7 Å². The lowest BCUT2D eigenvalue weighted by atomic mass is 9.91. The van der Waals surface area contributed by atoms with E-state index in [1.807, 2.05) is 0 Å². The molecular formula is C12H20N4O2. The van der Waals surface area contributed by atoms with Crippen molar-refractivity contribution in [2.75, 3.05) is 12.8 Å². The van der Waals surface area contributed by atoms with Gasteiger partial charge in [0.15, 0.2) is 0 Å². The number of aliphatic hydroxyl groups excluding tert-OH is 1. The van der Waals surface area contributed by atoms with Crippen LogP contribution < -0.4 is 5.73 Å². The molecule has 1 aliphatic carbocycles. The lowest BCUT2D eigenvalue weighted by Gasteiger charge is -2.35. The van der Waals surface area contributed by atoms with Crippen LogP contribution in [0.3, 0.4) is 0 Å². The first kappa shape index (κ1) is 12.9. The van der Waals surface area contributed by atoms with Gasteiger partial charge in [-0.05, 0) is 12.8 Å². The number of likely N-dealkylation sites (N-methyl/N-ethyl adjacent to an activating group) is 1. The Kier molecular flexibility index (Phi) is 3.86. The van der Waals surface area contributed by atoms with E-state index < -0.39 is 6.10 Å². The maximum atomic E-state index is 12.1. The number of carbonyl (C=O) groups excluding carboxylic acids is 1. The maximum Gasteiger partial charge on any atom is 0.244 e. The SMILES string of the molecule is CN(C(=O)Cn1cc(N)cn1)C1CCCCC1O. The van der Waals surface area contributed by atoms with Gasteiger partial charge in [0.25, 0.3) is 0 Å². The average molecular weight is 252 g/mol. The number of nitrogens with zero attached hydrogens (tertiary/aromatic N) is 3. The van der Waals surface area contributed by atoms with Gasteiger partial charge in [-0.1, -0.05) is 12.8 Å². The molecule has 2 rings (SSSR count). The van der Waals surface area contributed by atoms with Crippen LogP contribution in [0.4, 0.5) is 5.69 Å². The van der Waals surface area contributed by atoms with Gasteiger partial charge in [0.05, 0.1) is 24.0 Å². The number of amides is 1. The molecule has 2 atom stereocenters. The van der Waals surface area contributed by atoms with Crippen LogP contribution in [0.5, 0.6) is 0 Å². The summed E-state index contributed by atoms with van der Waals surface area (Å²) in [7, 11) is 1.74. The number of nitrogens with two attached hydrogens (primary N) is 1. The van der Waals surface area contributed by atoms with Gasteiger partial charge in [-0.2, -0.15) is 5.10 Å². The van der Waals surface area contributed by atoms with E-state index in [9.17, 15) is 9.90 Å². The second-order valence-corrected chi connectivity index (χ2v) is 4.90. The number of rotatable bonds is 3. The Bertz CT molecular complexity index is 418. The standard InChI is InChI=1S/C12H20N4O2/c1-15(10-4-2-3-5-11(10)17)12(18)8-16-7-9(13)6-14-16/h6-7,10-11,17H,2-5,8,13H2,1H3. The molecule has 1 saturated carbocycles. The van der Waals surface area contributed by atoms with Crippen molar-refractivity contribution in [3.05, 3.63) is 12.4 Å². The van der Waals surface area contributed by atoms with Crippen LogP contribution >= 0.6 is 0 Å². The van der Waals surface area contributed by atoms with E-state index in [2.05, 4.69) is 5.10 Å². The number of aromatic nitrogens is 2. The van der Waals surface area contributed by atoms with Gasteiger partial charge in [0.1, 0.15) is 6.54 Å². The second kappa shape index (κ2) is 5.39. The van der Waals surface area contributed by atoms with E-state index in [-0.39, 0.29) is 18.5 Å². The summed E-state index contributed by atoms with van der Waals surface area (Å²) in [4.78, 5) is 13.7. The fourth-order valence-electron chi connectivity index (χ4n) is 2.44. The van der Waals surface area contributed by atoms with Crippen LogP contribution in [-0.2, 0) is 11.3 Å². The van der Waals surface area contributed by atoms with Gasteiger partial charge in [-0.15, -0.1) is 0 Å². The van der Waals surface area contributed by atoms with Crippen molar-refractivity contribution in [3.8, 4) is 0 Å². The average Bonchev–Trinajstić information content (AvgIpc) is 2.74. The summed E-state index contributed by atoms with van der Waals surface area (Å²) in [5.41, 5.74) is 6.09. The summed E-state index contributed by atoms with van der Waals surface area (Å²) in [5.74, 6) is -0.0518. The topological polar surface area (TPSA) is 84.4 Å². The van der Waals surface area contributed by atoms with E-state index >= 15 is 0 Å². The Balaban J connectivity index is 1.95. The molecule has 1 aromatic rings. The summed E-state index contributed by atoms with van der Waals surface area (Å²) >= 11 is 0. The van der Waals surface area contributed by atoms with Crippen molar-refractivity contribution in [1.82, 2.24) is 14.7 Å². The monoisotopic (exact) mass is 252 g/mol. The number of aliphatic hydroxyl groups is 1. The molecule has 1 heterocycles. The van der Waals surface area contributed by atoms with Crippen LogP contribution in [-0.4, -0.2) is 44.9 Å². The third-order valence-electron chi connectivity index (χ3n) is 3.54. The molecule has 0 bridgehead atoms. The number of hydrogen-bond acceptors (Lipinski definition) is 4. The molecule has 100 valence electrons. The Morgan fingerprint density at radius 2 is 2.33 bits per heavy atom. The Morgan fingerprint density at radius 1 is 1.61 bits per heavy atom. The van der Waals surface area contributed by atoms with Crippen LogP contribution in [0.2, 0.25) is 0 Å². The van der Waals surface area contributed by atoms with Crippen molar-refractivity contribution in [1.29, 1.82) is 0 Å². The van der Waals surface area contributed by atoms with Crippen LogP contribution in [0.15, 0.2) is 12.4 Å². The lowest BCUT2D eigenvalue weighted by molar-refractivity contribution is -0.136. The third kappa shape index (κ3) is 2.81. The molecular weight excluding hydrogens is 232 g/mol. The molecule has 18 heavy (non-hydrogen) atoms. The van der Waals surface area contributed by atoms with Crippen molar-refractivity contribution in [2.45, 2.75) is 44.4 Å². The maximum absolute atomic E-state index is 12.1. The van der Waals surface area contributed by atoms with E-state index in [0.717, 1.165) is 25.7 Å². The van der Waals surface area contributed by atoms with Gasteiger partial charge in [0, 0.05) is 13.2 Å². The summed E-state index contributed by atoms with van der Waals surface area (Å²) < 4.78 is 1.52. The predicted octanol–water partition coefficient (Wildman–Crippen LogP) is 0.227. The first-order chi connectivity index (χ1) is 8.58.